The van der Waals surface area contributed by atoms with E-state index in [9.17, 15) is 4.79 Å². The summed E-state index contributed by atoms with van der Waals surface area (Å²) in [6, 6.07) is 0.300. The van der Waals surface area contributed by atoms with Crippen molar-refractivity contribution in [3.8, 4) is 0 Å². The number of likely N-dealkylation sites (tertiary alicyclic amines) is 1. The highest BCUT2D eigenvalue weighted by molar-refractivity contribution is 5.90. The lowest BCUT2D eigenvalue weighted by molar-refractivity contribution is -0.187. The fraction of sp³-hybridized carbons (Fsp3) is 0.938. The number of nitrogens with two attached hydrogens (primary N) is 1. The summed E-state index contributed by atoms with van der Waals surface area (Å²) in [6.07, 6.45) is 3.39. The first-order valence-electron chi connectivity index (χ1n) is 8.03. The Kier molecular flexibility index (Phi) is 3.18. The maximum atomic E-state index is 13.2. The van der Waals surface area contributed by atoms with Crippen LogP contribution in [-0.2, 0) is 9.53 Å². The molecule has 0 aromatic rings. The summed E-state index contributed by atoms with van der Waals surface area (Å²) in [5, 5.41) is 0. The van der Waals surface area contributed by atoms with Gasteiger partial charge in [0.15, 0.2) is 0 Å². The average Bonchev–Trinajstić information content (AvgIpc) is 2.88. The predicted molar refractivity (Wildman–Crippen MR) is 78.1 cm³/mol. The zero-order valence-electron chi connectivity index (χ0n) is 13.2. The van der Waals surface area contributed by atoms with Crippen molar-refractivity contribution in [1.82, 2.24) is 4.90 Å². The van der Waals surface area contributed by atoms with Crippen molar-refractivity contribution in [2.24, 2.45) is 23.0 Å². The van der Waals surface area contributed by atoms with E-state index in [2.05, 4.69) is 27.7 Å². The molecule has 2 N–H and O–H groups in total. The number of hydrogen-bond acceptors (Lipinski definition) is 3. The zero-order chi connectivity index (χ0) is 14.7. The lowest BCUT2D eigenvalue weighted by Gasteiger charge is -2.62. The number of nitrogens with zero attached hydrogens (tertiary/aromatic N) is 1. The summed E-state index contributed by atoms with van der Waals surface area (Å²) >= 11 is 0. The third kappa shape index (κ3) is 1.58. The fourth-order valence-electron chi connectivity index (χ4n) is 4.68. The van der Waals surface area contributed by atoms with Gasteiger partial charge in [-0.25, -0.2) is 0 Å². The molecule has 0 aromatic heterocycles. The molecule has 0 bridgehead atoms. The van der Waals surface area contributed by atoms with Crippen molar-refractivity contribution in [2.45, 2.75) is 64.6 Å². The Morgan fingerprint density at radius 2 is 2.00 bits per heavy atom. The summed E-state index contributed by atoms with van der Waals surface area (Å²) in [7, 11) is 0. The molecular formula is C16H28N2O2. The van der Waals surface area contributed by atoms with Crippen LogP contribution in [0.4, 0.5) is 0 Å². The number of carbonyl (C=O) groups excluding carboxylic acids is 1. The SMILES string of the molecule is CC1CCCN(C(=O)C2(N)C3CCOC3C2(C)C)C1C. The van der Waals surface area contributed by atoms with E-state index >= 15 is 0 Å². The van der Waals surface area contributed by atoms with Gasteiger partial charge in [-0.3, -0.25) is 4.79 Å². The standard InChI is InChI=1S/C16H28N2O2/c1-10-6-5-8-18(11(10)2)14(19)16(17)12-7-9-20-13(12)15(16,3)4/h10-13H,5-9,17H2,1-4H3. The minimum Gasteiger partial charge on any atom is -0.377 e. The summed E-state index contributed by atoms with van der Waals surface area (Å²) in [4.78, 5) is 15.2. The molecule has 1 aliphatic carbocycles. The van der Waals surface area contributed by atoms with Gasteiger partial charge in [-0.1, -0.05) is 20.8 Å². The number of ether oxygens (including phenoxy) is 1. The van der Waals surface area contributed by atoms with E-state index in [4.69, 9.17) is 10.5 Å². The molecule has 5 atom stereocenters. The highest BCUT2D eigenvalue weighted by Crippen LogP contribution is 2.59. The lowest BCUT2D eigenvalue weighted by atomic mass is 9.47. The molecule has 0 radical (unpaired) electrons. The third-order valence-electron chi connectivity index (χ3n) is 6.44. The van der Waals surface area contributed by atoms with Crippen LogP contribution in [0.2, 0.25) is 0 Å². The van der Waals surface area contributed by atoms with Crippen LogP contribution in [0.3, 0.4) is 0 Å². The maximum absolute atomic E-state index is 13.2. The Morgan fingerprint density at radius 1 is 1.30 bits per heavy atom. The molecule has 3 fully saturated rings. The molecule has 4 nitrogen and oxygen atoms in total. The highest BCUT2D eigenvalue weighted by Gasteiger charge is 2.72. The molecule has 5 unspecified atom stereocenters. The van der Waals surface area contributed by atoms with E-state index in [-0.39, 0.29) is 23.3 Å². The second-order valence-electron chi connectivity index (χ2n) is 7.64. The van der Waals surface area contributed by atoms with E-state index in [1.807, 2.05) is 4.90 Å². The smallest absolute Gasteiger partial charge is 0.243 e. The van der Waals surface area contributed by atoms with Crippen LogP contribution in [0, 0.1) is 17.3 Å². The Bertz CT molecular complexity index is 423. The van der Waals surface area contributed by atoms with Crippen molar-refractivity contribution < 1.29 is 9.53 Å². The van der Waals surface area contributed by atoms with Gasteiger partial charge in [0.1, 0.15) is 5.54 Å². The first kappa shape index (κ1) is 14.3. The largest absolute Gasteiger partial charge is 0.377 e. The van der Waals surface area contributed by atoms with Gasteiger partial charge in [-0.2, -0.15) is 0 Å². The normalized spacial score (nSPS) is 46.8. The fourth-order valence-corrected chi connectivity index (χ4v) is 4.68. The molecule has 3 aliphatic rings. The van der Waals surface area contributed by atoms with E-state index in [1.54, 1.807) is 0 Å². The first-order valence-corrected chi connectivity index (χ1v) is 8.03. The van der Waals surface area contributed by atoms with Crippen LogP contribution in [0.15, 0.2) is 0 Å². The molecular weight excluding hydrogens is 252 g/mol. The van der Waals surface area contributed by atoms with E-state index in [1.165, 1.54) is 6.42 Å². The summed E-state index contributed by atoms with van der Waals surface area (Å²) in [5.74, 6) is 0.929. The van der Waals surface area contributed by atoms with Crippen molar-refractivity contribution >= 4 is 5.91 Å². The number of amides is 1. The minimum atomic E-state index is -0.737. The predicted octanol–water partition coefficient (Wildman–Crippen LogP) is 1.78. The van der Waals surface area contributed by atoms with E-state index < -0.39 is 5.54 Å². The quantitative estimate of drug-likeness (QED) is 0.796. The molecule has 2 aliphatic heterocycles. The van der Waals surface area contributed by atoms with Gasteiger partial charge in [0.05, 0.1) is 6.10 Å². The molecule has 2 heterocycles. The number of carbonyl (C=O) groups is 1. The van der Waals surface area contributed by atoms with Crippen LogP contribution < -0.4 is 5.73 Å². The number of fused-ring (bicyclic) bond motifs is 1. The van der Waals surface area contributed by atoms with Gasteiger partial charge >= 0.3 is 0 Å². The Balaban J connectivity index is 1.86. The molecule has 114 valence electrons. The minimum absolute atomic E-state index is 0.160. The topological polar surface area (TPSA) is 55.6 Å². The average molecular weight is 280 g/mol. The molecule has 0 spiro atoms. The Hall–Kier alpha value is -0.610. The molecule has 1 amide bonds. The molecule has 1 saturated carbocycles. The van der Waals surface area contributed by atoms with Gasteiger partial charge < -0.3 is 15.4 Å². The molecule has 3 rings (SSSR count). The van der Waals surface area contributed by atoms with Crippen molar-refractivity contribution in [3.63, 3.8) is 0 Å². The van der Waals surface area contributed by atoms with Gasteiger partial charge in [0.25, 0.3) is 0 Å². The number of hydrogen-bond donors (Lipinski definition) is 1. The summed E-state index contributed by atoms with van der Waals surface area (Å²) in [6.45, 7) is 10.2. The van der Waals surface area contributed by atoms with Crippen LogP contribution in [0.1, 0.15) is 47.0 Å². The Morgan fingerprint density at radius 3 is 2.70 bits per heavy atom. The van der Waals surface area contributed by atoms with Crippen LogP contribution in [0.5, 0.6) is 0 Å². The zero-order valence-corrected chi connectivity index (χ0v) is 13.2. The molecule has 2 saturated heterocycles. The highest BCUT2D eigenvalue weighted by atomic mass is 16.5. The van der Waals surface area contributed by atoms with Gasteiger partial charge in [-0.05, 0) is 32.1 Å². The van der Waals surface area contributed by atoms with Crippen molar-refractivity contribution in [3.05, 3.63) is 0 Å². The van der Waals surface area contributed by atoms with Gasteiger partial charge in [0.2, 0.25) is 5.91 Å². The Labute approximate surface area is 122 Å². The summed E-state index contributed by atoms with van der Waals surface area (Å²) < 4.78 is 5.80. The second kappa shape index (κ2) is 4.44. The van der Waals surface area contributed by atoms with Gasteiger partial charge in [0, 0.05) is 30.5 Å². The van der Waals surface area contributed by atoms with Gasteiger partial charge in [-0.15, -0.1) is 0 Å². The number of rotatable bonds is 1. The number of piperidine rings is 1. The van der Waals surface area contributed by atoms with E-state index in [0.717, 1.165) is 26.0 Å². The monoisotopic (exact) mass is 280 g/mol. The maximum Gasteiger partial charge on any atom is 0.243 e. The van der Waals surface area contributed by atoms with Crippen LogP contribution in [-0.4, -0.2) is 41.6 Å². The van der Waals surface area contributed by atoms with Crippen LogP contribution in [0.25, 0.3) is 0 Å². The first-order chi connectivity index (χ1) is 9.31. The van der Waals surface area contributed by atoms with E-state index in [0.29, 0.717) is 12.0 Å². The van der Waals surface area contributed by atoms with Crippen molar-refractivity contribution in [2.75, 3.05) is 13.2 Å². The lowest BCUT2D eigenvalue weighted by Crippen LogP contribution is -2.81. The summed E-state index contributed by atoms with van der Waals surface area (Å²) in [5.41, 5.74) is 5.68. The third-order valence-corrected chi connectivity index (χ3v) is 6.44. The van der Waals surface area contributed by atoms with Crippen LogP contribution >= 0.6 is 0 Å². The molecule has 0 aromatic carbocycles. The molecule has 20 heavy (non-hydrogen) atoms. The second-order valence-corrected chi connectivity index (χ2v) is 7.64. The van der Waals surface area contributed by atoms with Crippen molar-refractivity contribution in [1.29, 1.82) is 0 Å². The molecule has 4 heteroatoms.